The van der Waals surface area contributed by atoms with Crippen LogP contribution in [0.5, 0.6) is 5.75 Å². The van der Waals surface area contributed by atoms with Crippen molar-refractivity contribution in [2.75, 3.05) is 24.2 Å². The highest BCUT2D eigenvalue weighted by atomic mass is 32.2. The fourth-order valence-electron chi connectivity index (χ4n) is 4.45. The van der Waals surface area contributed by atoms with Crippen LogP contribution in [-0.4, -0.2) is 57.1 Å². The molecular formula is C26H35N3O5S. The van der Waals surface area contributed by atoms with Crippen LogP contribution in [-0.2, 0) is 26.2 Å². The van der Waals surface area contributed by atoms with Crippen molar-refractivity contribution < 1.29 is 22.7 Å². The summed E-state index contributed by atoms with van der Waals surface area (Å²) in [7, 11) is -2.29. The minimum Gasteiger partial charge on any atom is -0.497 e. The fourth-order valence-corrected chi connectivity index (χ4v) is 5.29. The number of anilines is 1. The Morgan fingerprint density at radius 3 is 2.37 bits per heavy atom. The molecule has 1 N–H and O–H groups in total. The highest BCUT2D eigenvalue weighted by Crippen LogP contribution is 2.24. The van der Waals surface area contributed by atoms with E-state index < -0.39 is 28.5 Å². The summed E-state index contributed by atoms with van der Waals surface area (Å²) >= 11 is 0. The van der Waals surface area contributed by atoms with Gasteiger partial charge in [0.25, 0.3) is 0 Å². The molecule has 0 unspecified atom stereocenters. The Bertz CT molecular complexity index is 1100. The average Bonchev–Trinajstić information content (AvgIpc) is 3.35. The van der Waals surface area contributed by atoms with Gasteiger partial charge in [0.15, 0.2) is 0 Å². The second kappa shape index (κ2) is 12.1. The van der Waals surface area contributed by atoms with Gasteiger partial charge in [-0.3, -0.25) is 13.9 Å². The van der Waals surface area contributed by atoms with Crippen LogP contribution in [0, 0.1) is 0 Å². The number of nitrogens with zero attached hydrogens (tertiary/aromatic N) is 2. The summed E-state index contributed by atoms with van der Waals surface area (Å²) in [6.07, 6.45) is 5.51. The van der Waals surface area contributed by atoms with Gasteiger partial charge in [-0.1, -0.05) is 56.2 Å². The Kier molecular flexibility index (Phi) is 9.14. The topological polar surface area (TPSA) is 96.0 Å². The molecule has 0 aliphatic heterocycles. The largest absolute Gasteiger partial charge is 0.497 e. The summed E-state index contributed by atoms with van der Waals surface area (Å²) in [5.74, 6) is -0.168. The first-order valence-electron chi connectivity index (χ1n) is 12.0. The number of carbonyl (C=O) groups is 2. The first-order valence-corrected chi connectivity index (χ1v) is 13.8. The summed E-state index contributed by atoms with van der Waals surface area (Å²) in [4.78, 5) is 28.4. The number of rotatable bonds is 11. The highest BCUT2D eigenvalue weighted by molar-refractivity contribution is 7.92. The molecule has 8 nitrogen and oxygen atoms in total. The average molecular weight is 502 g/mol. The van der Waals surface area contributed by atoms with E-state index in [4.69, 9.17) is 4.74 Å². The molecule has 0 aromatic heterocycles. The van der Waals surface area contributed by atoms with Gasteiger partial charge in [0.1, 0.15) is 18.3 Å². The van der Waals surface area contributed by atoms with E-state index in [0.29, 0.717) is 17.9 Å². The van der Waals surface area contributed by atoms with Crippen LogP contribution in [0.4, 0.5) is 5.69 Å². The minimum absolute atomic E-state index is 0.120. The lowest BCUT2D eigenvalue weighted by molar-refractivity contribution is -0.140. The van der Waals surface area contributed by atoms with Crippen molar-refractivity contribution in [3.05, 3.63) is 60.2 Å². The van der Waals surface area contributed by atoms with Crippen LogP contribution >= 0.6 is 0 Å². The van der Waals surface area contributed by atoms with Crippen LogP contribution < -0.4 is 14.4 Å². The minimum atomic E-state index is -3.79. The predicted octanol–water partition coefficient (Wildman–Crippen LogP) is 3.33. The quantitative estimate of drug-likeness (QED) is 0.510. The molecule has 9 heteroatoms. The van der Waals surface area contributed by atoms with Gasteiger partial charge in [-0.05, 0) is 37.0 Å². The standard InChI is InChI=1S/C26H35N3O5S/c1-4-24(26(31)27-21-13-8-9-14-21)28(18-20-11-6-5-7-12-20)25(30)19-29(35(3,32)33)22-15-10-16-23(17-22)34-2/h5-7,10-12,15-17,21,24H,4,8-9,13-14,18-19H2,1-3H3,(H,27,31)/t24-/m1/s1. The van der Waals surface area contributed by atoms with E-state index in [1.54, 1.807) is 24.3 Å². The van der Waals surface area contributed by atoms with E-state index in [9.17, 15) is 18.0 Å². The molecule has 1 aliphatic carbocycles. The number of hydrogen-bond donors (Lipinski definition) is 1. The Balaban J connectivity index is 1.90. The van der Waals surface area contributed by atoms with Crippen LogP contribution in [0.25, 0.3) is 0 Å². The number of methoxy groups -OCH3 is 1. The van der Waals surface area contributed by atoms with E-state index >= 15 is 0 Å². The third-order valence-electron chi connectivity index (χ3n) is 6.30. The van der Waals surface area contributed by atoms with Crippen LogP contribution in [0.2, 0.25) is 0 Å². The van der Waals surface area contributed by atoms with Gasteiger partial charge in [-0.2, -0.15) is 0 Å². The van der Waals surface area contributed by atoms with Gasteiger partial charge in [-0.25, -0.2) is 8.42 Å². The molecule has 3 rings (SSSR count). The number of sulfonamides is 1. The maximum absolute atomic E-state index is 13.7. The number of amides is 2. The molecule has 190 valence electrons. The van der Waals surface area contributed by atoms with Crippen LogP contribution in [0.15, 0.2) is 54.6 Å². The Hall–Kier alpha value is -3.07. The van der Waals surface area contributed by atoms with Crippen molar-refractivity contribution in [3.8, 4) is 5.75 Å². The van der Waals surface area contributed by atoms with E-state index in [1.165, 1.54) is 12.0 Å². The maximum Gasteiger partial charge on any atom is 0.244 e. The van der Waals surface area contributed by atoms with E-state index in [2.05, 4.69) is 5.32 Å². The molecule has 1 atom stereocenters. The summed E-state index contributed by atoms with van der Waals surface area (Å²) in [5, 5.41) is 3.10. The van der Waals surface area contributed by atoms with Crippen LogP contribution in [0.1, 0.15) is 44.6 Å². The molecule has 0 heterocycles. The second-order valence-electron chi connectivity index (χ2n) is 8.89. The lowest BCUT2D eigenvalue weighted by Crippen LogP contribution is -2.53. The van der Waals surface area contributed by atoms with Gasteiger partial charge >= 0.3 is 0 Å². The van der Waals surface area contributed by atoms with Crippen molar-refractivity contribution in [2.24, 2.45) is 0 Å². The second-order valence-corrected chi connectivity index (χ2v) is 10.8. The van der Waals surface area contributed by atoms with Gasteiger partial charge in [0.05, 0.1) is 19.1 Å². The number of hydrogen-bond acceptors (Lipinski definition) is 5. The van der Waals surface area contributed by atoms with E-state index in [-0.39, 0.29) is 18.5 Å². The molecule has 2 aromatic carbocycles. The fraction of sp³-hybridized carbons (Fsp3) is 0.462. The van der Waals surface area contributed by atoms with Crippen molar-refractivity contribution in [3.63, 3.8) is 0 Å². The highest BCUT2D eigenvalue weighted by Gasteiger charge is 2.33. The summed E-state index contributed by atoms with van der Waals surface area (Å²) < 4.78 is 31.7. The van der Waals surface area contributed by atoms with Gasteiger partial charge in [-0.15, -0.1) is 0 Å². The van der Waals surface area contributed by atoms with Gasteiger partial charge in [0, 0.05) is 18.7 Å². The van der Waals surface area contributed by atoms with Gasteiger partial charge in [0.2, 0.25) is 21.8 Å². The molecular weight excluding hydrogens is 466 g/mol. The molecule has 0 bridgehead atoms. The zero-order valence-electron chi connectivity index (χ0n) is 20.6. The molecule has 2 amide bonds. The first kappa shape index (κ1) is 26.5. The first-order chi connectivity index (χ1) is 16.7. The zero-order valence-corrected chi connectivity index (χ0v) is 21.5. The van der Waals surface area contributed by atoms with Gasteiger partial charge < -0.3 is 15.0 Å². The molecule has 0 saturated heterocycles. The van der Waals surface area contributed by atoms with Crippen molar-refractivity contribution in [1.29, 1.82) is 0 Å². The van der Waals surface area contributed by atoms with Crippen molar-refractivity contribution in [2.45, 2.75) is 57.7 Å². The smallest absolute Gasteiger partial charge is 0.244 e. The summed E-state index contributed by atoms with van der Waals surface area (Å²) in [6, 6.07) is 15.4. The Morgan fingerprint density at radius 1 is 1.09 bits per heavy atom. The maximum atomic E-state index is 13.7. The molecule has 1 aliphatic rings. The third kappa shape index (κ3) is 7.21. The normalized spacial score (nSPS) is 14.8. The SMILES string of the molecule is CC[C@H](C(=O)NC1CCCC1)N(Cc1ccccc1)C(=O)CN(c1cccc(OC)c1)S(C)(=O)=O. The lowest BCUT2D eigenvalue weighted by Gasteiger charge is -2.33. The summed E-state index contributed by atoms with van der Waals surface area (Å²) in [6.45, 7) is 1.64. The number of ether oxygens (including phenoxy) is 1. The Morgan fingerprint density at radius 2 is 1.77 bits per heavy atom. The lowest BCUT2D eigenvalue weighted by atomic mass is 10.1. The molecule has 1 saturated carbocycles. The summed E-state index contributed by atoms with van der Waals surface area (Å²) in [5.41, 5.74) is 1.18. The number of benzene rings is 2. The van der Waals surface area contributed by atoms with E-state index in [1.807, 2.05) is 37.3 Å². The molecule has 1 fully saturated rings. The van der Waals surface area contributed by atoms with Crippen molar-refractivity contribution in [1.82, 2.24) is 10.2 Å². The monoisotopic (exact) mass is 501 g/mol. The molecule has 2 aromatic rings. The Labute approximate surface area is 208 Å². The zero-order chi connectivity index (χ0) is 25.4. The van der Waals surface area contributed by atoms with E-state index in [0.717, 1.165) is 41.8 Å². The van der Waals surface area contributed by atoms with Crippen molar-refractivity contribution >= 4 is 27.5 Å². The molecule has 0 radical (unpaired) electrons. The third-order valence-corrected chi connectivity index (χ3v) is 7.44. The molecule has 0 spiro atoms. The number of carbonyl (C=O) groups excluding carboxylic acids is 2. The van der Waals surface area contributed by atoms with Crippen LogP contribution in [0.3, 0.4) is 0 Å². The number of nitrogens with one attached hydrogen (secondary N) is 1. The molecule has 35 heavy (non-hydrogen) atoms. The predicted molar refractivity (Wildman–Crippen MR) is 137 cm³/mol.